The van der Waals surface area contributed by atoms with Gasteiger partial charge in [0.2, 0.25) is 0 Å². The summed E-state index contributed by atoms with van der Waals surface area (Å²) in [7, 11) is -1.61. The Morgan fingerprint density at radius 3 is 1.89 bits per heavy atom. The summed E-state index contributed by atoms with van der Waals surface area (Å²) in [5, 5.41) is 10.4. The van der Waals surface area contributed by atoms with Gasteiger partial charge in [0.25, 0.3) is 0 Å². The van der Waals surface area contributed by atoms with Gasteiger partial charge in [-0.15, -0.1) is 0 Å². The Hall–Kier alpha value is 0.137. The standard InChI is InChI=1S/C16H36O2Si/c1-13(12-14(17)15(2,3)4)10-11-18-19(8,9)16(5,6)7/h13-14,17H,10-12H2,1-9H3/t13-,14-/m0/s1. The van der Waals surface area contributed by atoms with Crippen LogP contribution in [0.5, 0.6) is 0 Å². The van der Waals surface area contributed by atoms with Gasteiger partial charge in [-0.25, -0.2) is 0 Å². The fraction of sp³-hybridized carbons (Fsp3) is 1.00. The van der Waals surface area contributed by atoms with Gasteiger partial charge < -0.3 is 9.53 Å². The molecule has 0 heterocycles. The van der Waals surface area contributed by atoms with Crippen LogP contribution >= 0.6 is 0 Å². The molecule has 3 heteroatoms. The highest BCUT2D eigenvalue weighted by atomic mass is 28.4. The van der Waals surface area contributed by atoms with E-state index in [2.05, 4.69) is 61.6 Å². The molecule has 0 fully saturated rings. The Morgan fingerprint density at radius 2 is 1.53 bits per heavy atom. The highest BCUT2D eigenvalue weighted by molar-refractivity contribution is 6.74. The first-order chi connectivity index (χ1) is 8.27. The lowest BCUT2D eigenvalue weighted by Gasteiger charge is -2.36. The van der Waals surface area contributed by atoms with E-state index in [0.29, 0.717) is 5.92 Å². The average Bonchev–Trinajstić information content (AvgIpc) is 2.13. The molecule has 116 valence electrons. The first-order valence-corrected chi connectivity index (χ1v) is 10.5. The molecule has 0 aromatic carbocycles. The van der Waals surface area contributed by atoms with E-state index >= 15 is 0 Å². The molecule has 0 aliphatic rings. The van der Waals surface area contributed by atoms with Gasteiger partial charge in [-0.05, 0) is 42.3 Å². The van der Waals surface area contributed by atoms with Crippen LogP contribution in [-0.2, 0) is 4.43 Å². The zero-order valence-electron chi connectivity index (χ0n) is 14.6. The van der Waals surface area contributed by atoms with Crippen LogP contribution in [0.1, 0.15) is 61.3 Å². The molecule has 0 rings (SSSR count). The third-order valence-electron chi connectivity index (χ3n) is 4.51. The predicted molar refractivity (Wildman–Crippen MR) is 87.0 cm³/mol. The van der Waals surface area contributed by atoms with Crippen molar-refractivity contribution in [1.29, 1.82) is 0 Å². The molecule has 0 bridgehead atoms. The Balaban J connectivity index is 4.10. The van der Waals surface area contributed by atoms with Crippen molar-refractivity contribution in [3.63, 3.8) is 0 Å². The van der Waals surface area contributed by atoms with E-state index in [1.165, 1.54) is 0 Å². The second-order valence-electron chi connectivity index (χ2n) is 8.62. The molecule has 1 N–H and O–H groups in total. The van der Waals surface area contributed by atoms with Crippen molar-refractivity contribution in [2.45, 2.75) is 85.5 Å². The molecule has 0 aliphatic heterocycles. The fourth-order valence-corrected chi connectivity index (χ4v) is 2.65. The van der Waals surface area contributed by atoms with Crippen molar-refractivity contribution < 1.29 is 9.53 Å². The summed E-state index contributed by atoms with van der Waals surface area (Å²) in [6.45, 7) is 20.7. The molecule has 0 spiro atoms. The highest BCUT2D eigenvalue weighted by Crippen LogP contribution is 2.36. The lowest BCUT2D eigenvalue weighted by atomic mass is 9.83. The Bertz CT molecular complexity index is 261. The second kappa shape index (κ2) is 6.73. The molecule has 2 atom stereocenters. The average molecular weight is 289 g/mol. The molecule has 0 unspecified atom stereocenters. The Morgan fingerprint density at radius 1 is 1.05 bits per heavy atom. The zero-order chi connectivity index (χ0) is 15.5. The molecule has 0 aromatic heterocycles. The van der Waals surface area contributed by atoms with Gasteiger partial charge >= 0.3 is 0 Å². The first kappa shape index (κ1) is 19.1. The van der Waals surface area contributed by atoms with Gasteiger partial charge in [0, 0.05) is 6.61 Å². The van der Waals surface area contributed by atoms with Crippen molar-refractivity contribution >= 4 is 8.32 Å². The lowest BCUT2D eigenvalue weighted by molar-refractivity contribution is 0.0402. The molecule has 0 radical (unpaired) electrons. The maximum Gasteiger partial charge on any atom is 0.191 e. The monoisotopic (exact) mass is 288 g/mol. The molecular formula is C16H36O2Si. The summed E-state index contributed by atoms with van der Waals surface area (Å²) < 4.78 is 6.19. The molecule has 0 aliphatic carbocycles. The van der Waals surface area contributed by atoms with Gasteiger partial charge in [0.15, 0.2) is 8.32 Å². The van der Waals surface area contributed by atoms with E-state index in [1.54, 1.807) is 0 Å². The predicted octanol–water partition coefficient (Wildman–Crippen LogP) is 4.83. The SMILES string of the molecule is C[C@@H](CCO[Si](C)(C)C(C)(C)C)C[C@H](O)C(C)(C)C. The summed E-state index contributed by atoms with van der Waals surface area (Å²) in [5.41, 5.74) is -0.0193. The van der Waals surface area contributed by atoms with Gasteiger partial charge in [-0.3, -0.25) is 0 Å². The van der Waals surface area contributed by atoms with Crippen molar-refractivity contribution in [3.8, 4) is 0 Å². The van der Waals surface area contributed by atoms with Crippen molar-refractivity contribution in [3.05, 3.63) is 0 Å². The van der Waals surface area contributed by atoms with Gasteiger partial charge in [0.1, 0.15) is 0 Å². The van der Waals surface area contributed by atoms with Crippen LogP contribution in [-0.4, -0.2) is 26.1 Å². The van der Waals surface area contributed by atoms with Crippen molar-refractivity contribution in [2.24, 2.45) is 11.3 Å². The van der Waals surface area contributed by atoms with Crippen LogP contribution in [0.3, 0.4) is 0 Å². The van der Waals surface area contributed by atoms with Gasteiger partial charge in [0.05, 0.1) is 6.10 Å². The Kier molecular flexibility index (Phi) is 6.78. The summed E-state index contributed by atoms with van der Waals surface area (Å²) in [4.78, 5) is 0. The maximum absolute atomic E-state index is 10.1. The minimum Gasteiger partial charge on any atom is -0.417 e. The molecule has 19 heavy (non-hydrogen) atoms. The van der Waals surface area contributed by atoms with E-state index in [-0.39, 0.29) is 16.6 Å². The van der Waals surface area contributed by atoms with E-state index < -0.39 is 8.32 Å². The van der Waals surface area contributed by atoms with Crippen LogP contribution in [0.15, 0.2) is 0 Å². The molecule has 2 nitrogen and oxygen atoms in total. The van der Waals surface area contributed by atoms with Crippen LogP contribution in [0, 0.1) is 11.3 Å². The van der Waals surface area contributed by atoms with Crippen LogP contribution < -0.4 is 0 Å². The lowest BCUT2D eigenvalue weighted by Crippen LogP contribution is -2.41. The number of rotatable bonds is 6. The topological polar surface area (TPSA) is 29.5 Å². The largest absolute Gasteiger partial charge is 0.417 e. The van der Waals surface area contributed by atoms with E-state index in [0.717, 1.165) is 19.4 Å². The molecule has 0 amide bonds. The zero-order valence-corrected chi connectivity index (χ0v) is 15.6. The van der Waals surface area contributed by atoms with E-state index in [1.807, 2.05) is 0 Å². The van der Waals surface area contributed by atoms with Crippen molar-refractivity contribution in [1.82, 2.24) is 0 Å². The third-order valence-corrected chi connectivity index (χ3v) is 9.04. The third kappa shape index (κ3) is 6.91. The smallest absolute Gasteiger partial charge is 0.191 e. The summed E-state index contributed by atoms with van der Waals surface area (Å²) in [6.07, 6.45) is 1.68. The maximum atomic E-state index is 10.1. The fourth-order valence-electron chi connectivity index (χ4n) is 1.58. The molecule has 0 saturated carbocycles. The van der Waals surface area contributed by atoms with Crippen LogP contribution in [0.25, 0.3) is 0 Å². The summed E-state index contributed by atoms with van der Waals surface area (Å²) in [6, 6.07) is 0. The quantitative estimate of drug-likeness (QED) is 0.709. The van der Waals surface area contributed by atoms with Gasteiger partial charge in [-0.2, -0.15) is 0 Å². The molecule has 0 aromatic rings. The van der Waals surface area contributed by atoms with Gasteiger partial charge in [-0.1, -0.05) is 48.5 Å². The second-order valence-corrected chi connectivity index (χ2v) is 13.4. The normalized spacial score (nSPS) is 17.4. The number of hydrogen-bond donors (Lipinski definition) is 1. The minimum absolute atomic E-state index is 0.0193. The molecule has 0 saturated heterocycles. The van der Waals surface area contributed by atoms with Crippen molar-refractivity contribution in [2.75, 3.05) is 6.61 Å². The number of hydrogen-bond acceptors (Lipinski definition) is 2. The van der Waals surface area contributed by atoms with Crippen LogP contribution in [0.4, 0.5) is 0 Å². The minimum atomic E-state index is -1.61. The Labute approximate surface area is 122 Å². The number of aliphatic hydroxyl groups excluding tert-OH is 1. The van der Waals surface area contributed by atoms with Crippen LogP contribution in [0.2, 0.25) is 18.1 Å². The summed E-state index contributed by atoms with van der Waals surface area (Å²) >= 11 is 0. The summed E-state index contributed by atoms with van der Waals surface area (Å²) in [5.74, 6) is 0.513. The van der Waals surface area contributed by atoms with E-state index in [4.69, 9.17) is 4.43 Å². The number of aliphatic hydroxyl groups is 1. The first-order valence-electron chi connectivity index (χ1n) is 7.59. The molecular weight excluding hydrogens is 252 g/mol. The van der Waals surface area contributed by atoms with E-state index in [9.17, 15) is 5.11 Å². The highest BCUT2D eigenvalue weighted by Gasteiger charge is 2.37.